The van der Waals surface area contributed by atoms with Crippen LogP contribution < -0.4 is 0 Å². The molecule has 17 heavy (non-hydrogen) atoms. The summed E-state index contributed by atoms with van der Waals surface area (Å²) >= 11 is 0. The molecule has 0 aliphatic carbocycles. The predicted octanol–water partition coefficient (Wildman–Crippen LogP) is 3.62. The Kier molecular flexibility index (Phi) is 7.05. The maximum Gasteiger partial charge on any atom is 0.141 e. The van der Waals surface area contributed by atoms with Crippen LogP contribution in [0.2, 0.25) is 0 Å². The fourth-order valence-corrected chi connectivity index (χ4v) is 2.42. The SMILES string of the molecule is CCCCCCCCC(O)C1(F)CCOCC1. The molecule has 1 atom stereocenters. The lowest BCUT2D eigenvalue weighted by Gasteiger charge is -2.33. The molecule has 1 unspecified atom stereocenters. The van der Waals surface area contributed by atoms with E-state index in [-0.39, 0.29) is 0 Å². The molecule has 0 bridgehead atoms. The molecule has 3 heteroatoms. The van der Waals surface area contributed by atoms with Crippen molar-refractivity contribution in [3.63, 3.8) is 0 Å². The van der Waals surface area contributed by atoms with E-state index in [9.17, 15) is 9.50 Å². The Morgan fingerprint density at radius 3 is 2.35 bits per heavy atom. The summed E-state index contributed by atoms with van der Waals surface area (Å²) in [6.07, 6.45) is 7.57. The van der Waals surface area contributed by atoms with Crippen molar-refractivity contribution in [1.29, 1.82) is 0 Å². The quantitative estimate of drug-likeness (QED) is 0.663. The molecular weight excluding hydrogens is 219 g/mol. The van der Waals surface area contributed by atoms with Crippen LogP contribution in [0.25, 0.3) is 0 Å². The molecule has 1 aliphatic heterocycles. The number of halogens is 1. The normalized spacial score (nSPS) is 21.4. The van der Waals surface area contributed by atoms with Gasteiger partial charge in [0, 0.05) is 26.1 Å². The zero-order valence-corrected chi connectivity index (χ0v) is 11.1. The van der Waals surface area contributed by atoms with Crippen LogP contribution in [0.4, 0.5) is 4.39 Å². The van der Waals surface area contributed by atoms with Crippen LogP contribution in [-0.4, -0.2) is 30.1 Å². The van der Waals surface area contributed by atoms with Gasteiger partial charge in [-0.2, -0.15) is 0 Å². The number of ether oxygens (including phenoxy) is 1. The highest BCUT2D eigenvalue weighted by atomic mass is 19.1. The highest BCUT2D eigenvalue weighted by Crippen LogP contribution is 2.31. The van der Waals surface area contributed by atoms with Crippen LogP contribution in [0.3, 0.4) is 0 Å². The van der Waals surface area contributed by atoms with Gasteiger partial charge in [-0.05, 0) is 6.42 Å². The summed E-state index contributed by atoms with van der Waals surface area (Å²) in [6, 6.07) is 0. The first-order chi connectivity index (χ1) is 8.19. The maximum absolute atomic E-state index is 14.3. The first kappa shape index (κ1) is 14.9. The standard InChI is InChI=1S/C14H27FO2/c1-2-3-4-5-6-7-8-13(16)14(15)9-11-17-12-10-14/h13,16H,2-12H2,1H3. The fraction of sp³-hybridized carbons (Fsp3) is 1.00. The summed E-state index contributed by atoms with van der Waals surface area (Å²) in [6.45, 7) is 3.09. The van der Waals surface area contributed by atoms with Gasteiger partial charge in [0.05, 0.1) is 6.10 Å². The first-order valence-corrected chi connectivity index (χ1v) is 7.14. The van der Waals surface area contributed by atoms with Crippen LogP contribution in [0.15, 0.2) is 0 Å². The van der Waals surface area contributed by atoms with Crippen molar-refractivity contribution in [2.45, 2.75) is 76.5 Å². The molecule has 0 aromatic heterocycles. The minimum absolute atomic E-state index is 0.351. The second kappa shape index (κ2) is 8.04. The molecule has 102 valence electrons. The number of rotatable bonds is 8. The van der Waals surface area contributed by atoms with Crippen molar-refractivity contribution >= 4 is 0 Å². The number of unbranched alkanes of at least 4 members (excludes halogenated alkanes) is 5. The van der Waals surface area contributed by atoms with Gasteiger partial charge >= 0.3 is 0 Å². The van der Waals surface area contributed by atoms with Gasteiger partial charge in [-0.25, -0.2) is 4.39 Å². The number of aliphatic hydroxyl groups excluding tert-OH is 1. The monoisotopic (exact) mass is 246 g/mol. The number of hydrogen-bond acceptors (Lipinski definition) is 2. The molecule has 1 rings (SSSR count). The fourth-order valence-electron chi connectivity index (χ4n) is 2.42. The number of alkyl halides is 1. The Bertz CT molecular complexity index is 191. The topological polar surface area (TPSA) is 29.5 Å². The first-order valence-electron chi connectivity index (χ1n) is 7.14. The highest BCUT2D eigenvalue weighted by molar-refractivity contribution is 4.88. The molecule has 1 saturated heterocycles. The molecular formula is C14H27FO2. The van der Waals surface area contributed by atoms with Crippen molar-refractivity contribution < 1.29 is 14.2 Å². The Balaban J connectivity index is 2.09. The van der Waals surface area contributed by atoms with E-state index in [1.165, 1.54) is 25.7 Å². The molecule has 0 aromatic carbocycles. The van der Waals surface area contributed by atoms with Crippen molar-refractivity contribution in [2.24, 2.45) is 0 Å². The molecule has 1 fully saturated rings. The van der Waals surface area contributed by atoms with Crippen LogP contribution in [0.5, 0.6) is 0 Å². The molecule has 0 saturated carbocycles. The Labute approximate surface area is 105 Å². The zero-order valence-electron chi connectivity index (χ0n) is 11.1. The molecule has 0 spiro atoms. The summed E-state index contributed by atoms with van der Waals surface area (Å²) in [5.41, 5.74) is -1.39. The lowest BCUT2D eigenvalue weighted by Crippen LogP contribution is -2.42. The summed E-state index contributed by atoms with van der Waals surface area (Å²) < 4.78 is 19.4. The van der Waals surface area contributed by atoms with E-state index in [1.54, 1.807) is 0 Å². The van der Waals surface area contributed by atoms with Gasteiger partial charge in [-0.1, -0.05) is 45.4 Å². The number of hydrogen-bond donors (Lipinski definition) is 1. The van der Waals surface area contributed by atoms with Gasteiger partial charge in [-0.3, -0.25) is 0 Å². The van der Waals surface area contributed by atoms with Gasteiger partial charge in [0.2, 0.25) is 0 Å². The second-order valence-electron chi connectivity index (χ2n) is 5.22. The lowest BCUT2D eigenvalue weighted by molar-refractivity contribution is -0.0843. The van der Waals surface area contributed by atoms with Crippen molar-refractivity contribution in [3.05, 3.63) is 0 Å². The van der Waals surface area contributed by atoms with E-state index in [0.29, 0.717) is 32.5 Å². The van der Waals surface area contributed by atoms with Crippen molar-refractivity contribution in [3.8, 4) is 0 Å². The third-order valence-corrected chi connectivity index (χ3v) is 3.75. The molecule has 1 aliphatic rings. The van der Waals surface area contributed by atoms with Gasteiger partial charge in [0.15, 0.2) is 0 Å². The van der Waals surface area contributed by atoms with Gasteiger partial charge in [0.25, 0.3) is 0 Å². The zero-order chi connectivity index (χ0) is 12.6. The molecule has 1 N–H and O–H groups in total. The van der Waals surface area contributed by atoms with E-state index < -0.39 is 11.8 Å². The Morgan fingerprint density at radius 2 is 1.71 bits per heavy atom. The molecule has 0 radical (unpaired) electrons. The van der Waals surface area contributed by atoms with Crippen LogP contribution >= 0.6 is 0 Å². The van der Waals surface area contributed by atoms with Gasteiger partial charge in [0.1, 0.15) is 5.67 Å². The van der Waals surface area contributed by atoms with E-state index in [4.69, 9.17) is 4.74 Å². The third kappa shape index (κ3) is 5.35. The molecule has 0 aromatic rings. The van der Waals surface area contributed by atoms with Crippen molar-refractivity contribution in [2.75, 3.05) is 13.2 Å². The molecule has 0 amide bonds. The van der Waals surface area contributed by atoms with E-state index in [2.05, 4.69) is 6.92 Å². The summed E-state index contributed by atoms with van der Waals surface area (Å²) in [7, 11) is 0. The van der Waals surface area contributed by atoms with Crippen molar-refractivity contribution in [1.82, 2.24) is 0 Å². The summed E-state index contributed by atoms with van der Waals surface area (Å²) in [5.74, 6) is 0. The van der Waals surface area contributed by atoms with Crippen LogP contribution in [-0.2, 0) is 4.74 Å². The smallest absolute Gasteiger partial charge is 0.141 e. The van der Waals surface area contributed by atoms with E-state index in [1.807, 2.05) is 0 Å². The highest BCUT2D eigenvalue weighted by Gasteiger charge is 2.39. The summed E-state index contributed by atoms with van der Waals surface area (Å²) in [5, 5.41) is 9.91. The van der Waals surface area contributed by atoms with E-state index >= 15 is 0 Å². The van der Waals surface area contributed by atoms with E-state index in [0.717, 1.165) is 12.8 Å². The van der Waals surface area contributed by atoms with Crippen LogP contribution in [0, 0.1) is 0 Å². The largest absolute Gasteiger partial charge is 0.390 e. The maximum atomic E-state index is 14.3. The third-order valence-electron chi connectivity index (χ3n) is 3.75. The van der Waals surface area contributed by atoms with Gasteiger partial charge in [-0.15, -0.1) is 0 Å². The molecule has 1 heterocycles. The average Bonchev–Trinajstić information content (AvgIpc) is 2.34. The summed E-state index contributed by atoms with van der Waals surface area (Å²) in [4.78, 5) is 0. The number of aliphatic hydroxyl groups is 1. The minimum Gasteiger partial charge on any atom is -0.390 e. The average molecular weight is 246 g/mol. The predicted molar refractivity (Wildman–Crippen MR) is 67.9 cm³/mol. The Hall–Kier alpha value is -0.150. The minimum atomic E-state index is -1.39. The van der Waals surface area contributed by atoms with Crippen LogP contribution in [0.1, 0.15) is 64.7 Å². The van der Waals surface area contributed by atoms with Gasteiger partial charge < -0.3 is 9.84 Å². The lowest BCUT2D eigenvalue weighted by atomic mass is 9.87. The second-order valence-corrected chi connectivity index (χ2v) is 5.22. The molecule has 2 nitrogen and oxygen atoms in total. The Morgan fingerprint density at radius 1 is 1.12 bits per heavy atom.